The van der Waals surface area contributed by atoms with Crippen LogP contribution in [0.4, 0.5) is 0 Å². The van der Waals surface area contributed by atoms with Gasteiger partial charge in [-0.15, -0.1) is 0 Å². The lowest BCUT2D eigenvalue weighted by molar-refractivity contribution is 0.130. The third kappa shape index (κ3) is 4.15. The molecule has 5 nitrogen and oxygen atoms in total. The molecule has 1 aromatic carbocycles. The number of aromatic nitrogens is 2. The molecule has 1 heterocycles. The first-order valence-electron chi connectivity index (χ1n) is 6.90. The SMILES string of the molecule is CCOCC(N)c1noc(CCc2ccc(C)cc2)n1. The van der Waals surface area contributed by atoms with Crippen LogP contribution >= 0.6 is 0 Å². The average Bonchev–Trinajstić information content (AvgIpc) is 2.93. The van der Waals surface area contributed by atoms with Crippen molar-refractivity contribution in [2.24, 2.45) is 5.73 Å². The van der Waals surface area contributed by atoms with Gasteiger partial charge in [0.15, 0.2) is 5.82 Å². The molecule has 0 bridgehead atoms. The summed E-state index contributed by atoms with van der Waals surface area (Å²) in [5.41, 5.74) is 8.43. The molecule has 2 rings (SSSR count). The molecule has 2 N–H and O–H groups in total. The molecule has 5 heteroatoms. The van der Waals surface area contributed by atoms with Crippen molar-refractivity contribution in [2.45, 2.75) is 32.7 Å². The fourth-order valence-corrected chi connectivity index (χ4v) is 1.85. The lowest BCUT2D eigenvalue weighted by Crippen LogP contribution is -2.18. The van der Waals surface area contributed by atoms with E-state index >= 15 is 0 Å². The van der Waals surface area contributed by atoms with Crippen molar-refractivity contribution in [1.82, 2.24) is 10.1 Å². The standard InChI is InChI=1S/C15H21N3O2/c1-3-19-10-13(16)15-17-14(20-18-15)9-8-12-6-4-11(2)5-7-12/h4-7,13H,3,8-10,16H2,1-2H3. The van der Waals surface area contributed by atoms with Gasteiger partial charge < -0.3 is 15.0 Å². The van der Waals surface area contributed by atoms with Crippen LogP contribution in [0.5, 0.6) is 0 Å². The predicted octanol–water partition coefficient (Wildman–Crippen LogP) is 2.20. The monoisotopic (exact) mass is 275 g/mol. The van der Waals surface area contributed by atoms with Gasteiger partial charge in [-0.25, -0.2) is 0 Å². The number of ether oxygens (including phenoxy) is 1. The van der Waals surface area contributed by atoms with Gasteiger partial charge in [-0.1, -0.05) is 35.0 Å². The Morgan fingerprint density at radius 3 is 2.70 bits per heavy atom. The van der Waals surface area contributed by atoms with E-state index in [2.05, 4.69) is 41.3 Å². The van der Waals surface area contributed by atoms with Crippen LogP contribution in [0.15, 0.2) is 28.8 Å². The molecule has 0 radical (unpaired) electrons. The smallest absolute Gasteiger partial charge is 0.227 e. The maximum Gasteiger partial charge on any atom is 0.227 e. The van der Waals surface area contributed by atoms with Gasteiger partial charge >= 0.3 is 0 Å². The Bertz CT molecular complexity index is 522. The third-order valence-corrected chi connectivity index (χ3v) is 3.07. The summed E-state index contributed by atoms with van der Waals surface area (Å²) >= 11 is 0. The van der Waals surface area contributed by atoms with Gasteiger partial charge in [-0.05, 0) is 25.8 Å². The number of benzene rings is 1. The second-order valence-electron chi connectivity index (χ2n) is 4.80. The summed E-state index contributed by atoms with van der Waals surface area (Å²) in [6.45, 7) is 5.04. The van der Waals surface area contributed by atoms with Crippen molar-refractivity contribution in [3.05, 3.63) is 47.1 Å². The zero-order valence-corrected chi connectivity index (χ0v) is 12.0. The molecule has 0 spiro atoms. The molecule has 0 aliphatic rings. The quantitative estimate of drug-likeness (QED) is 0.838. The molecule has 1 unspecified atom stereocenters. The Morgan fingerprint density at radius 2 is 2.00 bits per heavy atom. The predicted molar refractivity (Wildman–Crippen MR) is 76.3 cm³/mol. The van der Waals surface area contributed by atoms with Crippen LogP contribution in [0.25, 0.3) is 0 Å². The van der Waals surface area contributed by atoms with Crippen LogP contribution in [0, 0.1) is 6.92 Å². The minimum atomic E-state index is -0.327. The third-order valence-electron chi connectivity index (χ3n) is 3.07. The van der Waals surface area contributed by atoms with Crippen LogP contribution in [0.2, 0.25) is 0 Å². The fourth-order valence-electron chi connectivity index (χ4n) is 1.85. The summed E-state index contributed by atoms with van der Waals surface area (Å²) in [7, 11) is 0. The number of hydrogen-bond acceptors (Lipinski definition) is 5. The Labute approximate surface area is 119 Å². The van der Waals surface area contributed by atoms with Crippen molar-refractivity contribution < 1.29 is 9.26 Å². The van der Waals surface area contributed by atoms with E-state index in [1.54, 1.807) is 0 Å². The van der Waals surface area contributed by atoms with Crippen molar-refractivity contribution in [2.75, 3.05) is 13.2 Å². The minimum absolute atomic E-state index is 0.327. The van der Waals surface area contributed by atoms with Gasteiger partial charge in [0.2, 0.25) is 5.89 Å². The zero-order valence-electron chi connectivity index (χ0n) is 12.0. The summed E-state index contributed by atoms with van der Waals surface area (Å²) in [5, 5.41) is 3.90. The number of nitrogens with two attached hydrogens (primary N) is 1. The zero-order chi connectivity index (χ0) is 14.4. The first kappa shape index (κ1) is 14.7. The maximum absolute atomic E-state index is 5.91. The van der Waals surface area contributed by atoms with E-state index in [-0.39, 0.29) is 6.04 Å². The van der Waals surface area contributed by atoms with Gasteiger partial charge in [-0.3, -0.25) is 0 Å². The van der Waals surface area contributed by atoms with E-state index in [0.717, 1.165) is 12.8 Å². The van der Waals surface area contributed by atoms with Crippen molar-refractivity contribution >= 4 is 0 Å². The summed E-state index contributed by atoms with van der Waals surface area (Å²) in [5.74, 6) is 1.13. The summed E-state index contributed by atoms with van der Waals surface area (Å²) in [4.78, 5) is 4.31. The fraction of sp³-hybridized carbons (Fsp3) is 0.467. The number of hydrogen-bond donors (Lipinski definition) is 1. The van der Waals surface area contributed by atoms with E-state index in [1.807, 2.05) is 6.92 Å². The molecular weight excluding hydrogens is 254 g/mol. The highest BCUT2D eigenvalue weighted by Gasteiger charge is 2.14. The van der Waals surface area contributed by atoms with Gasteiger partial charge in [0.05, 0.1) is 12.6 Å². The Balaban J connectivity index is 1.87. The van der Waals surface area contributed by atoms with Gasteiger partial charge in [0.1, 0.15) is 0 Å². The number of aryl methyl sites for hydroxylation is 3. The van der Waals surface area contributed by atoms with E-state index in [0.29, 0.717) is 24.9 Å². The van der Waals surface area contributed by atoms with Gasteiger partial charge in [0.25, 0.3) is 0 Å². The Kier molecular flexibility index (Phi) is 5.26. The highest BCUT2D eigenvalue weighted by atomic mass is 16.5. The second kappa shape index (κ2) is 7.17. The van der Waals surface area contributed by atoms with Crippen LogP contribution < -0.4 is 5.73 Å². The van der Waals surface area contributed by atoms with Gasteiger partial charge in [-0.2, -0.15) is 4.98 Å². The molecule has 108 valence electrons. The van der Waals surface area contributed by atoms with Crippen LogP contribution in [-0.4, -0.2) is 23.4 Å². The lowest BCUT2D eigenvalue weighted by atomic mass is 10.1. The van der Waals surface area contributed by atoms with Crippen LogP contribution in [0.3, 0.4) is 0 Å². The highest BCUT2D eigenvalue weighted by Crippen LogP contribution is 2.10. The van der Waals surface area contributed by atoms with E-state index < -0.39 is 0 Å². The number of nitrogens with zero attached hydrogens (tertiary/aromatic N) is 2. The van der Waals surface area contributed by atoms with E-state index in [4.69, 9.17) is 15.0 Å². The highest BCUT2D eigenvalue weighted by molar-refractivity contribution is 5.21. The normalized spacial score (nSPS) is 12.6. The molecule has 0 saturated carbocycles. The van der Waals surface area contributed by atoms with Crippen molar-refractivity contribution in [3.8, 4) is 0 Å². The van der Waals surface area contributed by atoms with E-state index in [9.17, 15) is 0 Å². The van der Waals surface area contributed by atoms with Crippen LogP contribution in [-0.2, 0) is 17.6 Å². The number of rotatable bonds is 7. The maximum atomic E-state index is 5.91. The second-order valence-corrected chi connectivity index (χ2v) is 4.80. The molecule has 20 heavy (non-hydrogen) atoms. The van der Waals surface area contributed by atoms with Crippen molar-refractivity contribution in [3.63, 3.8) is 0 Å². The van der Waals surface area contributed by atoms with Crippen molar-refractivity contribution in [1.29, 1.82) is 0 Å². The topological polar surface area (TPSA) is 74.2 Å². The summed E-state index contributed by atoms with van der Waals surface area (Å²) in [6.07, 6.45) is 1.60. The molecular formula is C15H21N3O2. The largest absolute Gasteiger partial charge is 0.380 e. The molecule has 0 saturated heterocycles. The Morgan fingerprint density at radius 1 is 1.25 bits per heavy atom. The molecule has 0 amide bonds. The Hall–Kier alpha value is -1.72. The first-order chi connectivity index (χ1) is 9.69. The minimum Gasteiger partial charge on any atom is -0.380 e. The molecule has 0 aliphatic carbocycles. The average molecular weight is 275 g/mol. The van der Waals surface area contributed by atoms with Crippen LogP contribution in [0.1, 0.15) is 35.8 Å². The summed E-state index contributed by atoms with van der Waals surface area (Å²) in [6, 6.07) is 8.12. The molecule has 2 aromatic rings. The van der Waals surface area contributed by atoms with Gasteiger partial charge in [0, 0.05) is 13.0 Å². The summed E-state index contributed by atoms with van der Waals surface area (Å²) < 4.78 is 10.5. The van der Waals surface area contributed by atoms with E-state index in [1.165, 1.54) is 11.1 Å². The molecule has 1 atom stereocenters. The molecule has 1 aromatic heterocycles. The molecule has 0 aliphatic heterocycles. The lowest BCUT2D eigenvalue weighted by Gasteiger charge is -2.05. The molecule has 0 fully saturated rings. The first-order valence-corrected chi connectivity index (χ1v) is 6.90.